The van der Waals surface area contributed by atoms with Crippen molar-refractivity contribution in [3.05, 3.63) is 58.6 Å². The molecule has 28 heavy (non-hydrogen) atoms. The summed E-state index contributed by atoms with van der Waals surface area (Å²) >= 11 is 11.5. The van der Waals surface area contributed by atoms with Gasteiger partial charge in [-0.15, -0.1) is 0 Å². The van der Waals surface area contributed by atoms with Gasteiger partial charge >= 0.3 is 0 Å². The number of carbonyl (C=O) groups is 1. The Morgan fingerprint density at radius 3 is 2.79 bits per heavy atom. The van der Waals surface area contributed by atoms with Crippen molar-refractivity contribution in [3.8, 4) is 5.75 Å². The molecule has 5 nitrogen and oxygen atoms in total. The summed E-state index contributed by atoms with van der Waals surface area (Å²) in [6.45, 7) is 0.251. The Bertz CT molecular complexity index is 918. The summed E-state index contributed by atoms with van der Waals surface area (Å²) in [5.41, 5.74) is 0.448. The van der Waals surface area contributed by atoms with Gasteiger partial charge in [-0.25, -0.2) is 0 Å². The Kier molecular flexibility index (Phi) is 5.69. The fourth-order valence-electron chi connectivity index (χ4n) is 3.62. The maximum atomic E-state index is 12.8. The number of furan rings is 1. The minimum absolute atomic E-state index is 0.0813. The van der Waals surface area contributed by atoms with Gasteiger partial charge in [-0.1, -0.05) is 43.0 Å². The molecule has 1 saturated heterocycles. The second-order valence-corrected chi connectivity index (χ2v) is 7.77. The molecule has 2 aromatic rings. The molecule has 1 aliphatic carbocycles. The molecule has 146 valence electrons. The van der Waals surface area contributed by atoms with Crippen molar-refractivity contribution in [2.24, 2.45) is 0 Å². The van der Waals surface area contributed by atoms with Gasteiger partial charge in [0.05, 0.1) is 5.02 Å². The molecular formula is C21H21ClN2O3S. The molecule has 1 amide bonds. The smallest absolute Gasteiger partial charge is 0.276 e. The Hall–Kier alpha value is -2.31. The van der Waals surface area contributed by atoms with E-state index in [0.717, 1.165) is 25.7 Å². The number of ether oxygens (including phenoxy) is 1. The monoisotopic (exact) mass is 416 g/mol. The van der Waals surface area contributed by atoms with E-state index >= 15 is 0 Å². The number of amides is 1. The molecule has 1 N–H and O–H groups in total. The van der Waals surface area contributed by atoms with Crippen LogP contribution in [0.4, 0.5) is 0 Å². The van der Waals surface area contributed by atoms with Gasteiger partial charge in [0.2, 0.25) is 0 Å². The average molecular weight is 417 g/mol. The zero-order valence-electron chi connectivity index (χ0n) is 15.3. The minimum atomic E-state index is -0.0813. The second kappa shape index (κ2) is 8.37. The predicted molar refractivity (Wildman–Crippen MR) is 112 cm³/mol. The van der Waals surface area contributed by atoms with Crippen LogP contribution in [0.3, 0.4) is 0 Å². The van der Waals surface area contributed by atoms with Crippen LogP contribution in [0.2, 0.25) is 5.02 Å². The number of thiocarbonyl (C=S) groups is 1. The molecule has 2 heterocycles. The fraction of sp³-hybridized carbons (Fsp3) is 0.333. The Labute approximate surface area is 174 Å². The van der Waals surface area contributed by atoms with Crippen LogP contribution in [0.25, 0.3) is 6.08 Å². The van der Waals surface area contributed by atoms with Crippen LogP contribution in [0.5, 0.6) is 5.75 Å². The maximum Gasteiger partial charge on any atom is 0.276 e. The lowest BCUT2D eigenvalue weighted by Gasteiger charge is -2.29. The summed E-state index contributed by atoms with van der Waals surface area (Å²) in [5.74, 6) is 1.73. The highest BCUT2D eigenvalue weighted by atomic mass is 35.5. The first-order valence-corrected chi connectivity index (χ1v) is 10.2. The van der Waals surface area contributed by atoms with E-state index in [9.17, 15) is 4.79 Å². The Morgan fingerprint density at radius 1 is 1.21 bits per heavy atom. The van der Waals surface area contributed by atoms with E-state index in [1.165, 1.54) is 6.42 Å². The van der Waals surface area contributed by atoms with E-state index in [2.05, 4.69) is 5.32 Å². The summed E-state index contributed by atoms with van der Waals surface area (Å²) in [7, 11) is 0. The summed E-state index contributed by atoms with van der Waals surface area (Å²) in [6.07, 6.45) is 7.21. The van der Waals surface area contributed by atoms with Crippen LogP contribution < -0.4 is 10.1 Å². The highest BCUT2D eigenvalue weighted by molar-refractivity contribution is 7.80. The molecule has 2 fully saturated rings. The number of halogens is 1. The molecule has 2 aliphatic rings. The molecule has 4 rings (SSSR count). The molecule has 1 aromatic carbocycles. The van der Waals surface area contributed by atoms with Crippen molar-refractivity contribution in [1.29, 1.82) is 0 Å². The largest absolute Gasteiger partial charge is 0.484 e. The number of hydrogen-bond donors (Lipinski definition) is 1. The standard InChI is InChI=1S/C21H21ClN2O3S/c22-17-8-4-5-9-19(17)26-13-16-11-10-15(27-16)12-18-20(25)24(21(28)23-18)14-6-2-1-3-7-14/h4-5,8-12,14H,1-3,6-7,13H2,(H,23,28)/b18-12+. The van der Waals surface area contributed by atoms with E-state index in [1.54, 1.807) is 29.2 Å². The van der Waals surface area contributed by atoms with Gasteiger partial charge in [0.1, 0.15) is 29.6 Å². The van der Waals surface area contributed by atoms with Gasteiger partial charge in [0, 0.05) is 12.1 Å². The van der Waals surface area contributed by atoms with Crippen LogP contribution in [0.1, 0.15) is 43.6 Å². The lowest BCUT2D eigenvalue weighted by atomic mass is 9.94. The predicted octanol–water partition coefficient (Wildman–Crippen LogP) is 4.90. The number of rotatable bonds is 5. The van der Waals surface area contributed by atoms with Crippen LogP contribution in [-0.2, 0) is 11.4 Å². The van der Waals surface area contributed by atoms with Gasteiger partial charge in [0.25, 0.3) is 5.91 Å². The van der Waals surface area contributed by atoms with Crippen molar-refractivity contribution in [2.45, 2.75) is 44.8 Å². The number of benzene rings is 1. The van der Waals surface area contributed by atoms with Crippen LogP contribution >= 0.6 is 23.8 Å². The average Bonchev–Trinajstić information content (AvgIpc) is 3.26. The van der Waals surface area contributed by atoms with Crippen molar-refractivity contribution in [1.82, 2.24) is 10.2 Å². The Balaban J connectivity index is 1.42. The van der Waals surface area contributed by atoms with Gasteiger partial charge in [-0.3, -0.25) is 9.69 Å². The highest BCUT2D eigenvalue weighted by Gasteiger charge is 2.36. The normalized spacial score (nSPS) is 19.3. The first kappa shape index (κ1) is 19.0. The van der Waals surface area contributed by atoms with Crippen LogP contribution in [-0.4, -0.2) is 22.0 Å². The minimum Gasteiger partial charge on any atom is -0.484 e. The van der Waals surface area contributed by atoms with E-state index < -0.39 is 0 Å². The summed E-state index contributed by atoms with van der Waals surface area (Å²) in [5, 5.41) is 4.07. The first-order valence-electron chi connectivity index (χ1n) is 9.44. The molecule has 1 aliphatic heterocycles. The van der Waals surface area contributed by atoms with Gasteiger partial charge in [-0.2, -0.15) is 0 Å². The summed E-state index contributed by atoms with van der Waals surface area (Å²) < 4.78 is 11.5. The van der Waals surface area contributed by atoms with Gasteiger partial charge in [-0.05, 0) is 49.3 Å². The summed E-state index contributed by atoms with van der Waals surface area (Å²) in [6, 6.07) is 11.1. The number of nitrogens with zero attached hydrogens (tertiary/aromatic N) is 1. The van der Waals surface area contributed by atoms with E-state index in [0.29, 0.717) is 33.1 Å². The fourth-order valence-corrected chi connectivity index (χ4v) is 4.15. The molecule has 7 heteroatoms. The van der Waals surface area contributed by atoms with E-state index in [1.807, 2.05) is 18.2 Å². The SMILES string of the molecule is O=C1/C(=C\c2ccc(COc3ccccc3Cl)o2)NC(=S)N1C1CCCCC1. The van der Waals surface area contributed by atoms with E-state index in [4.69, 9.17) is 33.0 Å². The third kappa shape index (κ3) is 4.08. The number of nitrogens with one attached hydrogen (secondary N) is 1. The molecule has 0 bridgehead atoms. The van der Waals surface area contributed by atoms with Crippen molar-refractivity contribution < 1.29 is 13.9 Å². The number of para-hydroxylation sites is 1. The second-order valence-electron chi connectivity index (χ2n) is 6.98. The lowest BCUT2D eigenvalue weighted by Crippen LogP contribution is -2.41. The molecule has 0 radical (unpaired) electrons. The Morgan fingerprint density at radius 2 is 2.00 bits per heavy atom. The van der Waals surface area contributed by atoms with Crippen LogP contribution in [0.15, 0.2) is 46.5 Å². The highest BCUT2D eigenvalue weighted by Crippen LogP contribution is 2.27. The number of hydrogen-bond acceptors (Lipinski definition) is 4. The van der Waals surface area contributed by atoms with Gasteiger partial charge < -0.3 is 14.5 Å². The molecule has 0 spiro atoms. The molecule has 1 saturated carbocycles. The summed E-state index contributed by atoms with van der Waals surface area (Å²) in [4.78, 5) is 14.5. The quantitative estimate of drug-likeness (QED) is 0.554. The third-order valence-corrected chi connectivity index (χ3v) is 5.64. The zero-order valence-corrected chi connectivity index (χ0v) is 16.9. The van der Waals surface area contributed by atoms with E-state index in [-0.39, 0.29) is 18.6 Å². The molecular weight excluding hydrogens is 396 g/mol. The zero-order chi connectivity index (χ0) is 19.5. The molecule has 1 aromatic heterocycles. The van der Waals surface area contributed by atoms with Gasteiger partial charge in [0.15, 0.2) is 5.11 Å². The van der Waals surface area contributed by atoms with Crippen LogP contribution in [0, 0.1) is 0 Å². The molecule has 0 unspecified atom stereocenters. The number of carbonyl (C=O) groups excluding carboxylic acids is 1. The maximum absolute atomic E-state index is 12.8. The topological polar surface area (TPSA) is 54.7 Å². The molecule has 0 atom stereocenters. The lowest BCUT2D eigenvalue weighted by molar-refractivity contribution is -0.124. The first-order chi connectivity index (χ1) is 13.6. The third-order valence-electron chi connectivity index (χ3n) is 5.03. The van der Waals surface area contributed by atoms with Crippen molar-refractivity contribution >= 4 is 40.9 Å². The van der Waals surface area contributed by atoms with Crippen molar-refractivity contribution in [3.63, 3.8) is 0 Å². The van der Waals surface area contributed by atoms with Crippen molar-refractivity contribution in [2.75, 3.05) is 0 Å².